The van der Waals surface area contributed by atoms with Crippen LogP contribution in [0.25, 0.3) is 0 Å². The van der Waals surface area contributed by atoms with Gasteiger partial charge in [0.05, 0.1) is 12.7 Å². The van der Waals surface area contributed by atoms with E-state index in [1.54, 1.807) is 12.1 Å². The van der Waals surface area contributed by atoms with Crippen LogP contribution in [-0.4, -0.2) is 23.3 Å². The second kappa shape index (κ2) is 7.08. The quantitative estimate of drug-likeness (QED) is 0.796. The minimum absolute atomic E-state index is 0.391. The molecule has 2 rings (SSSR count). The third-order valence-electron chi connectivity index (χ3n) is 4.08. The highest BCUT2D eigenvalue weighted by Crippen LogP contribution is 2.28. The van der Waals surface area contributed by atoms with Crippen LogP contribution in [0.2, 0.25) is 0 Å². The molecule has 3 nitrogen and oxygen atoms in total. The number of hydrogen-bond donors (Lipinski definition) is 2. The van der Waals surface area contributed by atoms with Gasteiger partial charge in [-0.3, -0.25) is 0 Å². The third-order valence-corrected chi connectivity index (χ3v) is 4.08. The topological polar surface area (TPSA) is 49.7 Å². The average molecular weight is 262 g/mol. The van der Waals surface area contributed by atoms with Gasteiger partial charge in [-0.1, -0.05) is 50.5 Å². The van der Waals surface area contributed by atoms with E-state index >= 15 is 0 Å². The summed E-state index contributed by atoms with van der Waals surface area (Å²) in [6, 6.07) is 7.27. The van der Waals surface area contributed by atoms with E-state index in [9.17, 15) is 0 Å². The van der Waals surface area contributed by atoms with E-state index in [2.05, 4.69) is 6.92 Å². The van der Waals surface area contributed by atoms with Gasteiger partial charge in [0.25, 0.3) is 0 Å². The summed E-state index contributed by atoms with van der Waals surface area (Å²) in [5.41, 5.74) is 1.61. The van der Waals surface area contributed by atoms with Crippen LogP contribution in [0.3, 0.4) is 0 Å². The molecule has 2 N–H and O–H groups in total. The Balaban J connectivity index is 1.81. The van der Waals surface area contributed by atoms with Crippen molar-refractivity contribution < 1.29 is 14.8 Å². The minimum atomic E-state index is -1.39. The van der Waals surface area contributed by atoms with E-state index in [4.69, 9.17) is 14.8 Å². The van der Waals surface area contributed by atoms with Gasteiger partial charge < -0.3 is 14.8 Å². The molecule has 1 fully saturated rings. The molecule has 1 aromatic carbocycles. The molecule has 0 aromatic heterocycles. The van der Waals surface area contributed by atoms with E-state index in [0.29, 0.717) is 18.2 Å². The van der Waals surface area contributed by atoms with Gasteiger partial charge in [-0.2, -0.15) is 0 Å². The smallest absolute Gasteiger partial charge is 0.423 e. The van der Waals surface area contributed by atoms with Crippen LogP contribution in [0.4, 0.5) is 0 Å². The lowest BCUT2D eigenvalue weighted by molar-refractivity contribution is 0.00177. The minimum Gasteiger partial charge on any atom is -0.423 e. The molecule has 0 amide bonds. The molecule has 104 valence electrons. The van der Waals surface area contributed by atoms with Gasteiger partial charge in [-0.05, 0) is 29.8 Å². The summed E-state index contributed by atoms with van der Waals surface area (Å²) in [5, 5.41) is 18.1. The molecule has 0 saturated heterocycles. The lowest BCUT2D eigenvalue weighted by Crippen LogP contribution is -2.29. The molecule has 0 radical (unpaired) electrons. The molecule has 0 spiro atoms. The summed E-state index contributed by atoms with van der Waals surface area (Å²) in [4.78, 5) is 0. The van der Waals surface area contributed by atoms with Crippen LogP contribution >= 0.6 is 0 Å². The first-order chi connectivity index (χ1) is 9.19. The standard InChI is InChI=1S/C15H23BO3/c1-2-12-4-3-5-15(10-12)19-11-13-6-8-14(9-7-13)16(17)18/h6-9,12,15,17-18H,2-5,10-11H2,1H3. The Labute approximate surface area is 115 Å². The monoisotopic (exact) mass is 262 g/mol. The highest BCUT2D eigenvalue weighted by Gasteiger charge is 2.21. The van der Waals surface area contributed by atoms with Crippen molar-refractivity contribution in [2.24, 2.45) is 5.92 Å². The maximum atomic E-state index is 9.03. The first kappa shape index (κ1) is 14.6. The van der Waals surface area contributed by atoms with E-state index < -0.39 is 7.12 Å². The van der Waals surface area contributed by atoms with Crippen molar-refractivity contribution >= 4 is 12.6 Å². The van der Waals surface area contributed by atoms with Crippen LogP contribution in [0, 0.1) is 5.92 Å². The first-order valence-corrected chi connectivity index (χ1v) is 7.25. The summed E-state index contributed by atoms with van der Waals surface area (Å²) in [7, 11) is -1.39. The zero-order chi connectivity index (χ0) is 13.7. The lowest BCUT2D eigenvalue weighted by Gasteiger charge is -2.28. The van der Waals surface area contributed by atoms with Crippen LogP contribution in [0.5, 0.6) is 0 Å². The molecule has 1 aromatic rings. The van der Waals surface area contributed by atoms with Crippen molar-refractivity contribution in [3.63, 3.8) is 0 Å². The Morgan fingerprint density at radius 1 is 1.21 bits per heavy atom. The third kappa shape index (κ3) is 4.34. The van der Waals surface area contributed by atoms with Gasteiger partial charge in [0.15, 0.2) is 0 Å². The van der Waals surface area contributed by atoms with Crippen molar-refractivity contribution in [1.29, 1.82) is 0 Å². The summed E-state index contributed by atoms with van der Waals surface area (Å²) in [6.45, 7) is 2.87. The van der Waals surface area contributed by atoms with Gasteiger partial charge in [-0.15, -0.1) is 0 Å². The van der Waals surface area contributed by atoms with Crippen molar-refractivity contribution in [3.05, 3.63) is 29.8 Å². The Morgan fingerprint density at radius 2 is 1.95 bits per heavy atom. The molecule has 19 heavy (non-hydrogen) atoms. The first-order valence-electron chi connectivity index (χ1n) is 7.25. The van der Waals surface area contributed by atoms with E-state index in [0.717, 1.165) is 11.5 Å². The average Bonchev–Trinajstić information content (AvgIpc) is 2.46. The maximum Gasteiger partial charge on any atom is 0.488 e. The molecule has 2 unspecified atom stereocenters. The molecular formula is C15H23BO3. The highest BCUT2D eigenvalue weighted by molar-refractivity contribution is 6.58. The van der Waals surface area contributed by atoms with Crippen LogP contribution in [0.1, 0.15) is 44.6 Å². The molecule has 1 aliphatic rings. The second-order valence-corrected chi connectivity index (χ2v) is 5.49. The predicted molar refractivity (Wildman–Crippen MR) is 77.1 cm³/mol. The van der Waals surface area contributed by atoms with E-state index in [1.165, 1.54) is 32.1 Å². The van der Waals surface area contributed by atoms with Gasteiger partial charge in [0, 0.05) is 0 Å². The van der Waals surface area contributed by atoms with Gasteiger partial charge in [-0.25, -0.2) is 0 Å². The molecule has 0 bridgehead atoms. The number of hydrogen-bond acceptors (Lipinski definition) is 3. The van der Waals surface area contributed by atoms with Crippen molar-refractivity contribution in [2.75, 3.05) is 0 Å². The molecule has 1 saturated carbocycles. The molecule has 1 aliphatic carbocycles. The zero-order valence-electron chi connectivity index (χ0n) is 11.6. The van der Waals surface area contributed by atoms with Gasteiger partial charge in [0.1, 0.15) is 0 Å². The molecular weight excluding hydrogens is 239 g/mol. The summed E-state index contributed by atoms with van der Waals surface area (Å²) in [5.74, 6) is 0.825. The molecule has 0 heterocycles. The van der Waals surface area contributed by atoms with Crippen LogP contribution in [-0.2, 0) is 11.3 Å². The highest BCUT2D eigenvalue weighted by atomic mass is 16.5. The van der Waals surface area contributed by atoms with Gasteiger partial charge >= 0.3 is 7.12 Å². The molecule has 2 atom stereocenters. The number of ether oxygens (including phenoxy) is 1. The zero-order valence-corrected chi connectivity index (χ0v) is 11.6. The van der Waals surface area contributed by atoms with Crippen LogP contribution < -0.4 is 5.46 Å². The van der Waals surface area contributed by atoms with Crippen LogP contribution in [0.15, 0.2) is 24.3 Å². The van der Waals surface area contributed by atoms with E-state index in [1.807, 2.05) is 12.1 Å². The normalized spacial score (nSPS) is 23.3. The Morgan fingerprint density at radius 3 is 2.58 bits per heavy atom. The molecule has 4 heteroatoms. The Hall–Kier alpha value is -0.835. The SMILES string of the molecule is CCC1CCCC(OCc2ccc(B(O)O)cc2)C1. The van der Waals surface area contributed by atoms with Gasteiger partial charge in [0.2, 0.25) is 0 Å². The van der Waals surface area contributed by atoms with Crippen molar-refractivity contribution in [1.82, 2.24) is 0 Å². The molecule has 0 aliphatic heterocycles. The predicted octanol–water partition coefficient (Wildman–Crippen LogP) is 1.85. The summed E-state index contributed by atoms with van der Waals surface area (Å²) < 4.78 is 5.98. The fourth-order valence-corrected chi connectivity index (χ4v) is 2.76. The summed E-state index contributed by atoms with van der Waals surface area (Å²) >= 11 is 0. The lowest BCUT2D eigenvalue weighted by atomic mass is 9.80. The fraction of sp³-hybridized carbons (Fsp3) is 0.600. The van der Waals surface area contributed by atoms with E-state index in [-0.39, 0.29) is 0 Å². The Bertz CT molecular complexity index is 377. The fourth-order valence-electron chi connectivity index (χ4n) is 2.76. The van der Waals surface area contributed by atoms with Crippen molar-refractivity contribution in [2.45, 2.75) is 51.7 Å². The summed E-state index contributed by atoms with van der Waals surface area (Å²) in [6.07, 6.45) is 6.62. The number of rotatable bonds is 5. The number of benzene rings is 1. The largest absolute Gasteiger partial charge is 0.488 e. The Kier molecular flexibility index (Phi) is 5.43. The second-order valence-electron chi connectivity index (χ2n) is 5.49. The van der Waals surface area contributed by atoms with Crippen molar-refractivity contribution in [3.8, 4) is 0 Å². The maximum absolute atomic E-state index is 9.03.